The second kappa shape index (κ2) is 15.2. The van der Waals surface area contributed by atoms with Crippen molar-refractivity contribution >= 4 is 92.1 Å². The van der Waals surface area contributed by atoms with Crippen LogP contribution in [0.4, 0.5) is 17.1 Å². The van der Waals surface area contributed by atoms with Crippen LogP contribution in [-0.4, -0.2) is 0 Å². The number of nitrogens with zero attached hydrogens (tertiary/aromatic N) is 1. The molecule has 2 nitrogen and oxygen atoms in total. The summed E-state index contributed by atoms with van der Waals surface area (Å²) in [5.74, 6) is 0. The number of para-hydroxylation sites is 1. The zero-order chi connectivity index (χ0) is 42.8. The van der Waals surface area contributed by atoms with Crippen LogP contribution in [0.5, 0.6) is 0 Å². The molecule has 0 aliphatic heterocycles. The monoisotopic (exact) mass is 845 g/mol. The van der Waals surface area contributed by atoms with Crippen LogP contribution < -0.4 is 4.90 Å². The lowest BCUT2D eigenvalue weighted by atomic mass is 9.92. The van der Waals surface area contributed by atoms with Crippen LogP contribution in [0.1, 0.15) is 0 Å². The topological polar surface area (TPSA) is 16.4 Å². The number of thiophene rings is 1. The molecule has 3 heteroatoms. The van der Waals surface area contributed by atoms with Gasteiger partial charge in [-0.15, -0.1) is 11.3 Å². The van der Waals surface area contributed by atoms with Crippen LogP contribution in [0, 0.1) is 0 Å². The zero-order valence-electron chi connectivity index (χ0n) is 35.3. The predicted octanol–water partition coefficient (Wildman–Crippen LogP) is 18.4. The van der Waals surface area contributed by atoms with Gasteiger partial charge in [-0.1, -0.05) is 182 Å². The average molecular weight is 846 g/mol. The molecule has 0 aliphatic rings. The standard InChI is InChI=1S/C62H39NOS/c1-3-18-46-40(14-1)16-11-24-47(46)42-30-34-44(35-31-42)63(56-39-38-53(51-25-12-17-41-15-2-4-19-48(41)51)62-61(56)54-22-7-9-27-57(54)64-62)45-36-32-43(33-37-45)49-20-5-6-21-50(49)52-26-13-29-59-60(52)55-23-8-10-28-58(55)65-59/h1-39H. The number of hydrogen-bond acceptors (Lipinski definition) is 3. The van der Waals surface area contributed by atoms with Gasteiger partial charge in [0.2, 0.25) is 0 Å². The largest absolute Gasteiger partial charge is 0.455 e. The first kappa shape index (κ1) is 37.3. The molecule has 65 heavy (non-hydrogen) atoms. The Bertz CT molecular complexity index is 3940. The van der Waals surface area contributed by atoms with Gasteiger partial charge in [0.1, 0.15) is 11.2 Å². The summed E-state index contributed by atoms with van der Waals surface area (Å²) in [5.41, 5.74) is 14.4. The third kappa shape index (κ3) is 6.16. The van der Waals surface area contributed by atoms with Crippen molar-refractivity contribution in [2.45, 2.75) is 0 Å². The molecule has 0 saturated heterocycles. The summed E-state index contributed by atoms with van der Waals surface area (Å²) in [6.45, 7) is 0. The summed E-state index contributed by atoms with van der Waals surface area (Å²) >= 11 is 1.86. The third-order valence-electron chi connectivity index (χ3n) is 13.1. The smallest absolute Gasteiger partial charge is 0.145 e. The van der Waals surface area contributed by atoms with E-state index < -0.39 is 0 Å². The van der Waals surface area contributed by atoms with E-state index in [1.807, 2.05) is 11.3 Å². The molecule has 0 N–H and O–H groups in total. The quantitative estimate of drug-likeness (QED) is 0.159. The van der Waals surface area contributed by atoms with Gasteiger partial charge in [-0.3, -0.25) is 0 Å². The van der Waals surface area contributed by atoms with Crippen LogP contribution in [0.2, 0.25) is 0 Å². The van der Waals surface area contributed by atoms with Crippen molar-refractivity contribution < 1.29 is 4.42 Å². The number of anilines is 3. The van der Waals surface area contributed by atoms with Crippen LogP contribution >= 0.6 is 11.3 Å². The molecule has 0 spiro atoms. The number of benzene rings is 11. The Labute approximate surface area is 380 Å². The highest BCUT2D eigenvalue weighted by molar-refractivity contribution is 7.25. The maximum Gasteiger partial charge on any atom is 0.145 e. The molecule has 0 radical (unpaired) electrons. The predicted molar refractivity (Wildman–Crippen MR) is 278 cm³/mol. The van der Waals surface area contributed by atoms with Crippen LogP contribution in [0.25, 0.3) is 108 Å². The van der Waals surface area contributed by atoms with Gasteiger partial charge in [0.05, 0.1) is 11.1 Å². The second-order valence-corrected chi connectivity index (χ2v) is 17.8. The Morgan fingerprint density at radius 1 is 0.308 bits per heavy atom. The van der Waals surface area contributed by atoms with E-state index in [-0.39, 0.29) is 0 Å². The minimum absolute atomic E-state index is 0.864. The van der Waals surface area contributed by atoms with E-state index in [0.717, 1.165) is 55.7 Å². The molecular formula is C62H39NOS. The van der Waals surface area contributed by atoms with Gasteiger partial charge in [0, 0.05) is 42.5 Å². The lowest BCUT2D eigenvalue weighted by Crippen LogP contribution is -2.10. The lowest BCUT2D eigenvalue weighted by Gasteiger charge is -2.27. The molecule has 0 amide bonds. The van der Waals surface area contributed by atoms with Crippen LogP contribution in [0.3, 0.4) is 0 Å². The van der Waals surface area contributed by atoms with Gasteiger partial charge >= 0.3 is 0 Å². The van der Waals surface area contributed by atoms with E-state index in [9.17, 15) is 0 Å². The minimum Gasteiger partial charge on any atom is -0.455 e. The molecule has 0 atom stereocenters. The number of furan rings is 1. The van der Waals surface area contributed by atoms with Gasteiger partial charge in [-0.25, -0.2) is 0 Å². The number of fused-ring (bicyclic) bond motifs is 8. The summed E-state index contributed by atoms with van der Waals surface area (Å²) in [7, 11) is 0. The van der Waals surface area contributed by atoms with Crippen molar-refractivity contribution in [2.24, 2.45) is 0 Å². The molecule has 0 aliphatic carbocycles. The molecule has 304 valence electrons. The Kier molecular flexibility index (Phi) is 8.75. The fourth-order valence-corrected chi connectivity index (χ4v) is 11.3. The van der Waals surface area contributed by atoms with Crippen molar-refractivity contribution in [3.63, 3.8) is 0 Å². The first-order chi connectivity index (χ1) is 32.2. The highest BCUT2D eigenvalue weighted by Gasteiger charge is 2.23. The summed E-state index contributed by atoms with van der Waals surface area (Å²) in [5, 5.41) is 9.66. The SMILES string of the molecule is c1ccc(-c2cccc3sc4ccccc4c23)c(-c2ccc(N(c3ccc(-c4cccc5ccccc45)cc3)c3ccc(-c4cccc5ccccc45)c4oc5ccccc5c34)cc2)c1. The normalized spacial score (nSPS) is 11.7. The molecule has 2 aromatic heterocycles. The van der Waals surface area contributed by atoms with Crippen molar-refractivity contribution in [3.05, 3.63) is 237 Å². The molecule has 13 rings (SSSR count). The van der Waals surface area contributed by atoms with Gasteiger partial charge in [-0.05, 0) is 115 Å². The molecule has 13 aromatic rings. The second-order valence-electron chi connectivity index (χ2n) is 16.7. The lowest BCUT2D eigenvalue weighted by molar-refractivity contribution is 0.670. The van der Waals surface area contributed by atoms with Crippen molar-refractivity contribution in [3.8, 4) is 44.5 Å². The van der Waals surface area contributed by atoms with E-state index in [1.165, 1.54) is 69.5 Å². The number of hydrogen-bond donors (Lipinski definition) is 0. The Morgan fingerprint density at radius 3 is 1.55 bits per heavy atom. The van der Waals surface area contributed by atoms with Crippen LogP contribution in [0.15, 0.2) is 241 Å². The van der Waals surface area contributed by atoms with Gasteiger partial charge in [0.15, 0.2) is 0 Å². The van der Waals surface area contributed by atoms with Crippen molar-refractivity contribution in [2.75, 3.05) is 4.90 Å². The van der Waals surface area contributed by atoms with E-state index in [2.05, 4.69) is 241 Å². The van der Waals surface area contributed by atoms with Crippen molar-refractivity contribution in [1.82, 2.24) is 0 Å². The minimum atomic E-state index is 0.864. The fourth-order valence-electron chi connectivity index (χ4n) is 10.1. The van der Waals surface area contributed by atoms with Crippen LogP contribution in [-0.2, 0) is 0 Å². The summed E-state index contributed by atoms with van der Waals surface area (Å²) < 4.78 is 9.54. The summed E-state index contributed by atoms with van der Waals surface area (Å²) in [6, 6.07) is 85.8. The van der Waals surface area contributed by atoms with E-state index in [0.29, 0.717) is 0 Å². The Morgan fingerprint density at radius 2 is 0.815 bits per heavy atom. The first-order valence-electron chi connectivity index (χ1n) is 22.2. The maximum absolute atomic E-state index is 6.92. The van der Waals surface area contributed by atoms with Gasteiger partial charge < -0.3 is 9.32 Å². The van der Waals surface area contributed by atoms with Crippen molar-refractivity contribution in [1.29, 1.82) is 0 Å². The highest BCUT2D eigenvalue weighted by Crippen LogP contribution is 2.48. The van der Waals surface area contributed by atoms with E-state index >= 15 is 0 Å². The van der Waals surface area contributed by atoms with E-state index in [4.69, 9.17) is 4.42 Å². The first-order valence-corrected chi connectivity index (χ1v) is 23.0. The van der Waals surface area contributed by atoms with E-state index in [1.54, 1.807) is 0 Å². The Balaban J connectivity index is 0.997. The zero-order valence-corrected chi connectivity index (χ0v) is 36.1. The average Bonchev–Trinajstić information content (AvgIpc) is 3.96. The molecule has 2 heterocycles. The summed E-state index contributed by atoms with van der Waals surface area (Å²) in [4.78, 5) is 2.40. The molecule has 0 saturated carbocycles. The van der Waals surface area contributed by atoms with Gasteiger partial charge in [0.25, 0.3) is 0 Å². The maximum atomic E-state index is 6.92. The highest BCUT2D eigenvalue weighted by atomic mass is 32.1. The van der Waals surface area contributed by atoms with Gasteiger partial charge in [-0.2, -0.15) is 0 Å². The molecular weight excluding hydrogens is 807 g/mol. The molecule has 11 aromatic carbocycles. The molecule has 0 fully saturated rings. The number of rotatable bonds is 7. The molecule has 0 unspecified atom stereocenters. The summed E-state index contributed by atoms with van der Waals surface area (Å²) in [6.07, 6.45) is 0. The third-order valence-corrected chi connectivity index (χ3v) is 14.2. The fraction of sp³-hybridized carbons (Fsp3) is 0. The molecule has 0 bridgehead atoms. The Hall–Kier alpha value is -8.24.